The van der Waals surface area contributed by atoms with E-state index in [1.54, 1.807) is 23.9 Å². The van der Waals surface area contributed by atoms with Crippen LogP contribution in [-0.2, 0) is 0 Å². The number of para-hydroxylation sites is 1. The van der Waals surface area contributed by atoms with Crippen LogP contribution >= 0.6 is 23.4 Å². The summed E-state index contributed by atoms with van der Waals surface area (Å²) in [7, 11) is 0. The third kappa shape index (κ3) is 1.90. The van der Waals surface area contributed by atoms with Crippen molar-refractivity contribution in [3.05, 3.63) is 58.9 Å². The van der Waals surface area contributed by atoms with Gasteiger partial charge in [0.1, 0.15) is 11.2 Å². The molecular formula is C13H9ClFNS. The lowest BCUT2D eigenvalue weighted by molar-refractivity contribution is 0.612. The number of rotatable bonds is 1. The summed E-state index contributed by atoms with van der Waals surface area (Å²) in [5, 5.41) is 3.58. The van der Waals surface area contributed by atoms with Gasteiger partial charge in [-0.2, -0.15) is 0 Å². The number of halogens is 2. The zero-order valence-electron chi connectivity index (χ0n) is 8.78. The maximum atomic E-state index is 13.8. The van der Waals surface area contributed by atoms with Gasteiger partial charge in [0.05, 0.1) is 0 Å². The minimum atomic E-state index is -0.268. The van der Waals surface area contributed by atoms with Gasteiger partial charge >= 0.3 is 0 Å². The lowest BCUT2D eigenvalue weighted by atomic mass is 10.2. The lowest BCUT2D eigenvalue weighted by Gasteiger charge is -2.13. The summed E-state index contributed by atoms with van der Waals surface area (Å²) in [6.45, 7) is 0. The summed E-state index contributed by atoms with van der Waals surface area (Å²) in [6, 6.07) is 12.7. The van der Waals surface area contributed by atoms with E-state index in [0.717, 1.165) is 10.6 Å². The normalized spacial score (nSPS) is 17.6. The van der Waals surface area contributed by atoms with E-state index in [9.17, 15) is 4.39 Å². The largest absolute Gasteiger partial charge is 0.368 e. The fourth-order valence-electron chi connectivity index (χ4n) is 1.88. The topological polar surface area (TPSA) is 12.0 Å². The van der Waals surface area contributed by atoms with Crippen molar-refractivity contribution in [1.82, 2.24) is 0 Å². The molecule has 0 amide bonds. The zero-order chi connectivity index (χ0) is 11.8. The van der Waals surface area contributed by atoms with Gasteiger partial charge in [0.15, 0.2) is 0 Å². The molecule has 2 aromatic rings. The molecule has 17 heavy (non-hydrogen) atoms. The number of thioether (sulfide) groups is 1. The van der Waals surface area contributed by atoms with Crippen LogP contribution in [0.2, 0.25) is 5.02 Å². The molecule has 0 bridgehead atoms. The quantitative estimate of drug-likeness (QED) is 0.802. The molecule has 1 nitrogen and oxygen atoms in total. The molecular weight excluding hydrogens is 257 g/mol. The number of fused-ring (bicyclic) bond motifs is 1. The van der Waals surface area contributed by atoms with Gasteiger partial charge in [0, 0.05) is 21.2 Å². The number of benzene rings is 2. The first-order chi connectivity index (χ1) is 8.25. The third-order valence-electron chi connectivity index (χ3n) is 2.68. The summed E-state index contributed by atoms with van der Waals surface area (Å²) in [5.74, 6) is -0.268. The fourth-order valence-corrected chi connectivity index (χ4v) is 3.42. The Balaban J connectivity index is 1.99. The van der Waals surface area contributed by atoms with Crippen molar-refractivity contribution in [3.8, 4) is 0 Å². The molecule has 1 aliphatic heterocycles. The molecule has 1 atom stereocenters. The van der Waals surface area contributed by atoms with Crippen LogP contribution in [0.5, 0.6) is 0 Å². The standard InChI is InChI=1S/C13H9ClFNS/c14-8-4-3-5-9(15)12(8)13-16-10-6-1-2-7-11(10)17-13/h1-7,13,16H. The summed E-state index contributed by atoms with van der Waals surface area (Å²) in [6.07, 6.45) is 0. The first kappa shape index (κ1) is 10.9. The SMILES string of the molecule is Fc1cccc(Cl)c1C1Nc2ccccc2S1. The summed E-state index contributed by atoms with van der Waals surface area (Å²) < 4.78 is 13.8. The number of hydrogen-bond donors (Lipinski definition) is 1. The van der Waals surface area contributed by atoms with E-state index in [4.69, 9.17) is 11.6 Å². The Bertz CT molecular complexity index is 528. The predicted molar refractivity (Wildman–Crippen MR) is 70.1 cm³/mol. The second-order valence-electron chi connectivity index (χ2n) is 3.77. The number of nitrogens with one attached hydrogen (secondary N) is 1. The lowest BCUT2D eigenvalue weighted by Crippen LogP contribution is -2.04. The summed E-state index contributed by atoms with van der Waals surface area (Å²) in [4.78, 5) is 1.12. The average Bonchev–Trinajstić information content (AvgIpc) is 2.71. The third-order valence-corrected chi connectivity index (χ3v) is 4.21. The Kier molecular flexibility index (Phi) is 2.73. The minimum absolute atomic E-state index is 0.152. The molecule has 1 aliphatic rings. The van der Waals surface area contributed by atoms with Crippen molar-refractivity contribution in [1.29, 1.82) is 0 Å². The van der Waals surface area contributed by atoms with E-state index in [0.29, 0.717) is 10.6 Å². The molecule has 1 N–H and O–H groups in total. The molecule has 0 saturated heterocycles. The van der Waals surface area contributed by atoms with E-state index in [-0.39, 0.29) is 11.2 Å². The van der Waals surface area contributed by atoms with E-state index in [1.807, 2.05) is 24.3 Å². The van der Waals surface area contributed by atoms with Crippen molar-refractivity contribution < 1.29 is 4.39 Å². The highest BCUT2D eigenvalue weighted by Crippen LogP contribution is 2.48. The second kappa shape index (κ2) is 4.24. The Morgan fingerprint density at radius 1 is 1.12 bits per heavy atom. The first-order valence-corrected chi connectivity index (χ1v) is 6.47. The van der Waals surface area contributed by atoms with Crippen molar-refractivity contribution in [2.45, 2.75) is 10.3 Å². The molecule has 0 radical (unpaired) electrons. The molecule has 3 rings (SSSR count). The smallest absolute Gasteiger partial charge is 0.130 e. The fraction of sp³-hybridized carbons (Fsp3) is 0.0769. The summed E-state index contributed by atoms with van der Waals surface area (Å²) in [5.41, 5.74) is 1.55. The molecule has 0 fully saturated rings. The highest BCUT2D eigenvalue weighted by molar-refractivity contribution is 8.00. The van der Waals surface area contributed by atoms with E-state index >= 15 is 0 Å². The first-order valence-electron chi connectivity index (χ1n) is 5.22. The molecule has 0 spiro atoms. The van der Waals surface area contributed by atoms with Gasteiger partial charge < -0.3 is 5.32 Å². The summed E-state index contributed by atoms with van der Waals surface area (Å²) >= 11 is 7.64. The Morgan fingerprint density at radius 2 is 1.94 bits per heavy atom. The van der Waals surface area contributed by atoms with Gasteiger partial charge in [0.2, 0.25) is 0 Å². The monoisotopic (exact) mass is 265 g/mol. The number of hydrogen-bond acceptors (Lipinski definition) is 2. The molecule has 1 heterocycles. The van der Waals surface area contributed by atoms with E-state index in [2.05, 4.69) is 5.32 Å². The van der Waals surface area contributed by atoms with Gasteiger partial charge in [-0.25, -0.2) is 4.39 Å². The van der Waals surface area contributed by atoms with Crippen molar-refractivity contribution in [2.24, 2.45) is 0 Å². The van der Waals surface area contributed by atoms with Crippen LogP contribution in [0.3, 0.4) is 0 Å². The van der Waals surface area contributed by atoms with E-state index in [1.165, 1.54) is 6.07 Å². The highest BCUT2D eigenvalue weighted by atomic mass is 35.5. The molecule has 86 valence electrons. The maximum absolute atomic E-state index is 13.8. The molecule has 0 aliphatic carbocycles. The maximum Gasteiger partial charge on any atom is 0.130 e. The van der Waals surface area contributed by atoms with Gasteiger partial charge in [0.25, 0.3) is 0 Å². The van der Waals surface area contributed by atoms with Crippen LogP contribution in [0, 0.1) is 5.82 Å². The van der Waals surface area contributed by atoms with Gasteiger partial charge in [-0.1, -0.05) is 41.6 Å². The van der Waals surface area contributed by atoms with Crippen LogP contribution in [0.4, 0.5) is 10.1 Å². The van der Waals surface area contributed by atoms with Crippen molar-refractivity contribution in [3.63, 3.8) is 0 Å². The molecule has 2 aromatic carbocycles. The van der Waals surface area contributed by atoms with Crippen LogP contribution < -0.4 is 5.32 Å². The molecule has 0 aromatic heterocycles. The zero-order valence-corrected chi connectivity index (χ0v) is 10.4. The van der Waals surface area contributed by atoms with Crippen LogP contribution in [0.15, 0.2) is 47.4 Å². The second-order valence-corrected chi connectivity index (χ2v) is 5.33. The molecule has 0 saturated carbocycles. The Hall–Kier alpha value is -1.19. The van der Waals surface area contributed by atoms with Crippen molar-refractivity contribution in [2.75, 3.05) is 5.32 Å². The number of anilines is 1. The highest BCUT2D eigenvalue weighted by Gasteiger charge is 2.26. The predicted octanol–water partition coefficient (Wildman–Crippen LogP) is 4.70. The van der Waals surface area contributed by atoms with Crippen LogP contribution in [0.25, 0.3) is 0 Å². The Labute approximate surface area is 108 Å². The van der Waals surface area contributed by atoms with Gasteiger partial charge in [-0.3, -0.25) is 0 Å². The molecule has 1 unspecified atom stereocenters. The molecule has 4 heteroatoms. The Morgan fingerprint density at radius 3 is 2.71 bits per heavy atom. The average molecular weight is 266 g/mol. The van der Waals surface area contributed by atoms with Crippen LogP contribution in [-0.4, -0.2) is 0 Å². The van der Waals surface area contributed by atoms with Crippen molar-refractivity contribution >= 4 is 29.1 Å². The minimum Gasteiger partial charge on any atom is -0.368 e. The van der Waals surface area contributed by atoms with Gasteiger partial charge in [-0.15, -0.1) is 0 Å². The van der Waals surface area contributed by atoms with E-state index < -0.39 is 0 Å². The van der Waals surface area contributed by atoms with Crippen LogP contribution in [0.1, 0.15) is 10.9 Å². The van der Waals surface area contributed by atoms with Gasteiger partial charge in [-0.05, 0) is 24.3 Å².